The Morgan fingerprint density at radius 1 is 1.20 bits per heavy atom. The van der Waals surface area contributed by atoms with Gasteiger partial charge in [-0.1, -0.05) is 31.6 Å². The van der Waals surface area contributed by atoms with Crippen LogP contribution in [0.2, 0.25) is 19.6 Å². The molecule has 2 rings (SSSR count). The molecule has 0 N–H and O–H groups in total. The minimum atomic E-state index is -1.41. The van der Waals surface area contributed by atoms with E-state index in [0.29, 0.717) is 13.0 Å². The van der Waals surface area contributed by atoms with E-state index in [0.717, 1.165) is 11.3 Å². The van der Waals surface area contributed by atoms with Crippen LogP contribution in [0.5, 0.6) is 0 Å². The van der Waals surface area contributed by atoms with E-state index in [1.165, 1.54) is 0 Å². The van der Waals surface area contributed by atoms with E-state index in [9.17, 15) is 9.59 Å². The summed E-state index contributed by atoms with van der Waals surface area (Å²) in [7, 11) is -1.41. The molecule has 1 aliphatic rings. The highest BCUT2D eigenvalue weighted by atomic mass is 28.3. The first kappa shape index (κ1) is 14.5. The molecule has 0 atom stereocenters. The first-order chi connectivity index (χ1) is 9.35. The van der Waals surface area contributed by atoms with E-state index in [4.69, 9.17) is 0 Å². The molecule has 0 bridgehead atoms. The number of rotatable bonds is 1. The van der Waals surface area contributed by atoms with Crippen molar-refractivity contribution >= 4 is 25.5 Å². The molecule has 1 amide bonds. The second-order valence-electron chi connectivity index (χ2n) is 6.06. The normalized spacial score (nSPS) is 15.8. The van der Waals surface area contributed by atoms with Crippen LogP contribution in [0.3, 0.4) is 0 Å². The quantitative estimate of drug-likeness (QED) is 0.452. The second kappa shape index (κ2) is 5.64. The molecule has 1 aromatic carbocycles. The van der Waals surface area contributed by atoms with Gasteiger partial charge in [-0.3, -0.25) is 9.59 Å². The summed E-state index contributed by atoms with van der Waals surface area (Å²) < 4.78 is 0. The first-order valence-corrected chi connectivity index (χ1v) is 10.3. The topological polar surface area (TPSA) is 37.4 Å². The summed E-state index contributed by atoms with van der Waals surface area (Å²) in [5.41, 5.74) is 5.08. The summed E-state index contributed by atoms with van der Waals surface area (Å²) in [5, 5.41) is 0. The number of ketones is 1. The lowest BCUT2D eigenvalue weighted by atomic mass is 10.1. The Morgan fingerprint density at radius 3 is 2.60 bits per heavy atom. The number of nitrogens with zero attached hydrogens (tertiary/aromatic N) is 1. The van der Waals surface area contributed by atoms with Crippen LogP contribution < -0.4 is 4.90 Å². The van der Waals surface area contributed by atoms with Crippen molar-refractivity contribution in [2.75, 3.05) is 11.4 Å². The number of hydrogen-bond acceptors (Lipinski definition) is 2. The van der Waals surface area contributed by atoms with E-state index in [1.54, 1.807) is 4.90 Å². The fourth-order valence-corrected chi connectivity index (χ4v) is 2.52. The number of anilines is 1. The number of carbonyl (C=O) groups excluding carboxylic acids is 2. The van der Waals surface area contributed by atoms with Gasteiger partial charge in [-0.15, -0.1) is 5.54 Å². The number of amides is 1. The Labute approximate surface area is 121 Å². The molecular formula is C16H19NO2Si. The summed E-state index contributed by atoms with van der Waals surface area (Å²) in [6.45, 7) is 7.07. The fourth-order valence-electron chi connectivity index (χ4n) is 2.00. The smallest absolute Gasteiger partial charge is 0.234 e. The van der Waals surface area contributed by atoms with E-state index in [2.05, 4.69) is 31.1 Å². The zero-order chi connectivity index (χ0) is 14.8. The molecule has 3 nitrogen and oxygen atoms in total. The number of carbonyl (C=O) groups is 2. The third kappa shape index (κ3) is 3.81. The summed E-state index contributed by atoms with van der Waals surface area (Å²) in [5.74, 6) is 3.11. The van der Waals surface area contributed by atoms with Crippen LogP contribution in [0, 0.1) is 11.5 Å². The van der Waals surface area contributed by atoms with Crippen LogP contribution in [0.1, 0.15) is 18.4 Å². The fraction of sp³-hybridized carbons (Fsp3) is 0.375. The minimum absolute atomic E-state index is 0.0187. The van der Waals surface area contributed by atoms with Gasteiger partial charge in [0.2, 0.25) is 5.91 Å². The average molecular weight is 285 g/mol. The van der Waals surface area contributed by atoms with Gasteiger partial charge in [-0.25, -0.2) is 0 Å². The number of piperidine rings is 1. The van der Waals surface area contributed by atoms with Gasteiger partial charge in [0.1, 0.15) is 13.9 Å². The van der Waals surface area contributed by atoms with Gasteiger partial charge >= 0.3 is 0 Å². The van der Waals surface area contributed by atoms with Crippen molar-refractivity contribution in [3.05, 3.63) is 29.8 Å². The van der Waals surface area contributed by atoms with Gasteiger partial charge in [0, 0.05) is 24.2 Å². The van der Waals surface area contributed by atoms with Gasteiger partial charge < -0.3 is 4.90 Å². The molecule has 1 heterocycles. The molecular weight excluding hydrogens is 266 g/mol. The SMILES string of the molecule is C[Si](C)(C)C#Cc1cccc(N2CCC(=O)CC2=O)c1. The van der Waals surface area contributed by atoms with Crippen LogP contribution in [-0.2, 0) is 9.59 Å². The van der Waals surface area contributed by atoms with E-state index >= 15 is 0 Å². The van der Waals surface area contributed by atoms with Gasteiger partial charge in [0.05, 0.1) is 6.42 Å². The van der Waals surface area contributed by atoms with Crippen molar-refractivity contribution < 1.29 is 9.59 Å². The van der Waals surface area contributed by atoms with Crippen LogP contribution in [0.4, 0.5) is 5.69 Å². The highest BCUT2D eigenvalue weighted by Crippen LogP contribution is 2.20. The molecule has 0 saturated carbocycles. The van der Waals surface area contributed by atoms with Crippen molar-refractivity contribution in [1.29, 1.82) is 0 Å². The molecule has 0 aromatic heterocycles. The molecule has 104 valence electrons. The van der Waals surface area contributed by atoms with Crippen molar-refractivity contribution in [3.8, 4) is 11.5 Å². The maximum absolute atomic E-state index is 11.9. The van der Waals surface area contributed by atoms with Crippen molar-refractivity contribution in [2.45, 2.75) is 32.5 Å². The molecule has 20 heavy (non-hydrogen) atoms. The highest BCUT2D eigenvalue weighted by molar-refractivity contribution is 6.83. The zero-order valence-corrected chi connectivity index (χ0v) is 13.2. The van der Waals surface area contributed by atoms with E-state index in [-0.39, 0.29) is 18.1 Å². The van der Waals surface area contributed by atoms with Gasteiger partial charge in [0.15, 0.2) is 0 Å². The molecule has 4 heteroatoms. The van der Waals surface area contributed by atoms with Crippen LogP contribution >= 0.6 is 0 Å². The maximum Gasteiger partial charge on any atom is 0.234 e. The third-order valence-electron chi connectivity index (χ3n) is 3.00. The molecule has 0 radical (unpaired) electrons. The van der Waals surface area contributed by atoms with Crippen molar-refractivity contribution in [2.24, 2.45) is 0 Å². The minimum Gasteiger partial charge on any atom is -0.312 e. The largest absolute Gasteiger partial charge is 0.312 e. The summed E-state index contributed by atoms with van der Waals surface area (Å²) in [4.78, 5) is 24.9. The Kier molecular flexibility index (Phi) is 4.10. The van der Waals surface area contributed by atoms with Crippen LogP contribution in [0.25, 0.3) is 0 Å². The number of hydrogen-bond donors (Lipinski definition) is 0. The monoisotopic (exact) mass is 285 g/mol. The maximum atomic E-state index is 11.9. The van der Waals surface area contributed by atoms with Gasteiger partial charge in [-0.05, 0) is 18.2 Å². The Morgan fingerprint density at radius 2 is 1.95 bits per heavy atom. The standard InChI is InChI=1S/C16H19NO2Si/c1-20(2,3)10-8-13-5-4-6-14(11-13)17-9-7-15(18)12-16(17)19/h4-6,11H,7,9,12H2,1-3H3. The molecule has 0 spiro atoms. The molecule has 1 aromatic rings. The lowest BCUT2D eigenvalue weighted by Gasteiger charge is -2.26. The zero-order valence-electron chi connectivity index (χ0n) is 12.2. The van der Waals surface area contributed by atoms with Crippen molar-refractivity contribution in [3.63, 3.8) is 0 Å². The molecule has 0 unspecified atom stereocenters. The second-order valence-corrected chi connectivity index (χ2v) is 10.8. The molecule has 0 aliphatic carbocycles. The van der Waals surface area contributed by atoms with Gasteiger partial charge in [0.25, 0.3) is 0 Å². The average Bonchev–Trinajstić information content (AvgIpc) is 2.36. The van der Waals surface area contributed by atoms with E-state index in [1.807, 2.05) is 24.3 Å². The third-order valence-corrected chi connectivity index (χ3v) is 3.88. The molecule has 1 fully saturated rings. The predicted octanol–water partition coefficient (Wildman–Crippen LogP) is 2.61. The number of Topliss-reactive ketones (excluding diaryl/α,β-unsaturated/α-hetero) is 1. The van der Waals surface area contributed by atoms with Crippen LogP contribution in [0.15, 0.2) is 24.3 Å². The van der Waals surface area contributed by atoms with Crippen LogP contribution in [-0.4, -0.2) is 26.3 Å². The van der Waals surface area contributed by atoms with Crippen molar-refractivity contribution in [1.82, 2.24) is 0 Å². The summed E-state index contributed by atoms with van der Waals surface area (Å²) >= 11 is 0. The Hall–Kier alpha value is -1.86. The predicted molar refractivity (Wildman–Crippen MR) is 83.3 cm³/mol. The molecule has 1 saturated heterocycles. The molecule has 1 aliphatic heterocycles. The Balaban J connectivity index is 2.23. The lowest BCUT2D eigenvalue weighted by Crippen LogP contribution is -2.39. The highest BCUT2D eigenvalue weighted by Gasteiger charge is 2.24. The van der Waals surface area contributed by atoms with Gasteiger partial charge in [-0.2, -0.15) is 0 Å². The van der Waals surface area contributed by atoms with E-state index < -0.39 is 8.07 Å². The lowest BCUT2D eigenvalue weighted by molar-refractivity contribution is -0.128. The summed E-state index contributed by atoms with van der Waals surface area (Å²) in [6.07, 6.45) is 0.460. The summed E-state index contributed by atoms with van der Waals surface area (Å²) in [6, 6.07) is 7.69. The first-order valence-electron chi connectivity index (χ1n) is 6.80. The Bertz CT molecular complexity index is 605. The number of benzene rings is 1.